The Morgan fingerprint density at radius 1 is 0.800 bits per heavy atom. The third-order valence-electron chi connectivity index (χ3n) is 3.96. The van der Waals surface area contributed by atoms with E-state index in [4.69, 9.17) is 5.41 Å². The fourth-order valence-electron chi connectivity index (χ4n) is 2.96. The Morgan fingerprint density at radius 3 is 2.00 bits per heavy atom. The van der Waals surface area contributed by atoms with Crippen molar-refractivity contribution in [2.45, 2.75) is 12.1 Å². The number of hydrogen-bond acceptors (Lipinski definition) is 4. The van der Waals surface area contributed by atoms with E-state index in [1.165, 1.54) is 0 Å². The van der Waals surface area contributed by atoms with Crippen molar-refractivity contribution in [2.75, 3.05) is 10.6 Å². The summed E-state index contributed by atoms with van der Waals surface area (Å²) in [6.45, 7) is 0. The second-order valence-electron chi connectivity index (χ2n) is 5.11. The van der Waals surface area contributed by atoms with Gasteiger partial charge in [-0.1, -0.05) is 30.3 Å². The zero-order valence-corrected chi connectivity index (χ0v) is 10.7. The second kappa shape index (κ2) is 3.93. The summed E-state index contributed by atoms with van der Waals surface area (Å²) in [5.41, 5.74) is 3.84. The van der Waals surface area contributed by atoms with Gasteiger partial charge in [0.2, 0.25) is 0 Å². The summed E-state index contributed by atoms with van der Waals surface area (Å²) in [4.78, 5) is 12.5. The fourth-order valence-corrected chi connectivity index (χ4v) is 2.96. The van der Waals surface area contributed by atoms with Gasteiger partial charge in [0.25, 0.3) is 0 Å². The summed E-state index contributed by atoms with van der Waals surface area (Å²) >= 11 is 0. The predicted octanol–water partition coefficient (Wildman–Crippen LogP) is 2.53. The number of carbonyl (C=O) groups is 1. The fraction of sp³-hybridized carbons (Fsp3) is 0.125. The van der Waals surface area contributed by atoms with E-state index in [1.807, 2.05) is 48.5 Å². The Morgan fingerprint density at radius 2 is 1.35 bits per heavy atom. The predicted molar refractivity (Wildman–Crippen MR) is 78.9 cm³/mol. The average Bonchev–Trinajstić information content (AvgIpc) is 2.98. The summed E-state index contributed by atoms with van der Waals surface area (Å²) in [5, 5.41) is 14.8. The number of ketones is 1. The topological polar surface area (TPSA) is 65.0 Å². The van der Waals surface area contributed by atoms with E-state index >= 15 is 0 Å². The minimum absolute atomic E-state index is 0.0515. The Balaban J connectivity index is 1.69. The Labute approximate surface area is 116 Å². The van der Waals surface area contributed by atoms with Gasteiger partial charge in [-0.3, -0.25) is 4.79 Å². The molecule has 4 heteroatoms. The molecule has 4 nitrogen and oxygen atoms in total. The molecule has 2 aliphatic heterocycles. The summed E-state index contributed by atoms with van der Waals surface area (Å²) < 4.78 is 0. The molecule has 2 atom stereocenters. The number of para-hydroxylation sites is 2. The normalized spacial score (nSPS) is 23.0. The van der Waals surface area contributed by atoms with Crippen molar-refractivity contribution in [1.82, 2.24) is 0 Å². The number of carbonyl (C=O) groups excluding carboxylic acids is 1. The van der Waals surface area contributed by atoms with Crippen molar-refractivity contribution in [2.24, 2.45) is 0 Å². The van der Waals surface area contributed by atoms with Gasteiger partial charge in [-0.15, -0.1) is 0 Å². The number of nitrogens with one attached hydrogen (secondary N) is 3. The number of anilines is 2. The van der Waals surface area contributed by atoms with Crippen molar-refractivity contribution in [3.63, 3.8) is 0 Å². The third-order valence-corrected chi connectivity index (χ3v) is 3.96. The molecule has 20 heavy (non-hydrogen) atoms. The first-order chi connectivity index (χ1) is 9.75. The number of Topliss-reactive ketones (excluding diaryl/α,β-unsaturated/α-hetero) is 1. The van der Waals surface area contributed by atoms with Gasteiger partial charge in [-0.25, -0.2) is 0 Å². The summed E-state index contributed by atoms with van der Waals surface area (Å²) in [5.74, 6) is 0.0515. The van der Waals surface area contributed by atoms with Gasteiger partial charge in [0, 0.05) is 22.5 Å². The lowest BCUT2D eigenvalue weighted by Crippen LogP contribution is -2.43. The Bertz CT molecular complexity index is 675. The SMILES string of the molecule is N=C1c2ccccc2NC1C1Nc2ccccc2C1=O. The molecule has 2 unspecified atom stereocenters. The average molecular weight is 263 g/mol. The maximum atomic E-state index is 12.5. The van der Waals surface area contributed by atoms with Crippen LogP contribution in [0.15, 0.2) is 48.5 Å². The Kier molecular flexibility index (Phi) is 2.21. The Hall–Kier alpha value is -2.62. The van der Waals surface area contributed by atoms with Crippen molar-refractivity contribution >= 4 is 22.9 Å². The molecule has 0 saturated heterocycles. The molecule has 0 amide bonds. The lowest BCUT2D eigenvalue weighted by Gasteiger charge is -2.19. The quantitative estimate of drug-likeness (QED) is 0.740. The molecule has 0 bridgehead atoms. The van der Waals surface area contributed by atoms with E-state index in [0.29, 0.717) is 11.3 Å². The third kappa shape index (κ3) is 1.42. The molecule has 0 fully saturated rings. The molecule has 2 aromatic carbocycles. The first-order valence-corrected chi connectivity index (χ1v) is 6.60. The molecular weight excluding hydrogens is 250 g/mol. The van der Waals surface area contributed by atoms with Gasteiger partial charge in [-0.05, 0) is 18.2 Å². The van der Waals surface area contributed by atoms with E-state index in [0.717, 1.165) is 16.9 Å². The van der Waals surface area contributed by atoms with Crippen LogP contribution in [0.1, 0.15) is 15.9 Å². The minimum atomic E-state index is -0.410. The van der Waals surface area contributed by atoms with Gasteiger partial charge in [-0.2, -0.15) is 0 Å². The zero-order valence-electron chi connectivity index (χ0n) is 10.7. The van der Waals surface area contributed by atoms with Gasteiger partial charge in [0.15, 0.2) is 5.78 Å². The molecule has 98 valence electrons. The molecule has 4 rings (SSSR count). The van der Waals surface area contributed by atoms with Crippen LogP contribution < -0.4 is 10.6 Å². The zero-order chi connectivity index (χ0) is 13.7. The van der Waals surface area contributed by atoms with Crippen LogP contribution in [0, 0.1) is 5.41 Å². The second-order valence-corrected chi connectivity index (χ2v) is 5.11. The van der Waals surface area contributed by atoms with E-state index in [1.54, 1.807) is 0 Å². The first kappa shape index (κ1) is 11.2. The van der Waals surface area contributed by atoms with Crippen LogP contribution in [0.4, 0.5) is 11.4 Å². The van der Waals surface area contributed by atoms with Crippen LogP contribution in [0.3, 0.4) is 0 Å². The minimum Gasteiger partial charge on any atom is -0.374 e. The van der Waals surface area contributed by atoms with Gasteiger partial charge < -0.3 is 16.0 Å². The number of fused-ring (bicyclic) bond motifs is 2. The maximum absolute atomic E-state index is 12.5. The first-order valence-electron chi connectivity index (χ1n) is 6.60. The van der Waals surface area contributed by atoms with Crippen LogP contribution in [0.5, 0.6) is 0 Å². The number of rotatable bonds is 1. The molecule has 3 N–H and O–H groups in total. The maximum Gasteiger partial charge on any atom is 0.189 e. The molecule has 2 heterocycles. The van der Waals surface area contributed by atoms with Gasteiger partial charge in [0.1, 0.15) is 6.04 Å². The summed E-state index contributed by atoms with van der Waals surface area (Å²) in [6, 6.07) is 14.5. The van der Waals surface area contributed by atoms with Crippen LogP contribution in [0.25, 0.3) is 0 Å². The van der Waals surface area contributed by atoms with E-state index in [9.17, 15) is 4.79 Å². The standard InChI is InChI=1S/C16H13N3O/c17-13-9-5-1-3-7-11(9)18-14(13)15-16(20)10-6-2-4-8-12(10)19-15/h1-8,14-15,17-19H. The molecule has 0 saturated carbocycles. The van der Waals surface area contributed by atoms with E-state index < -0.39 is 6.04 Å². The molecule has 0 spiro atoms. The van der Waals surface area contributed by atoms with E-state index in [2.05, 4.69) is 10.6 Å². The molecule has 0 radical (unpaired) electrons. The lowest BCUT2D eigenvalue weighted by molar-refractivity contribution is 0.0979. The van der Waals surface area contributed by atoms with Crippen LogP contribution in [-0.2, 0) is 0 Å². The van der Waals surface area contributed by atoms with Crippen molar-refractivity contribution < 1.29 is 4.79 Å². The lowest BCUT2D eigenvalue weighted by atomic mass is 9.98. The van der Waals surface area contributed by atoms with Crippen molar-refractivity contribution in [3.8, 4) is 0 Å². The van der Waals surface area contributed by atoms with Gasteiger partial charge >= 0.3 is 0 Å². The van der Waals surface area contributed by atoms with Crippen molar-refractivity contribution in [1.29, 1.82) is 5.41 Å². The highest BCUT2D eigenvalue weighted by molar-refractivity contribution is 6.19. The molecule has 2 aromatic rings. The molecule has 0 aliphatic carbocycles. The van der Waals surface area contributed by atoms with Gasteiger partial charge in [0.05, 0.1) is 11.8 Å². The highest BCUT2D eigenvalue weighted by Crippen LogP contribution is 2.33. The highest BCUT2D eigenvalue weighted by atomic mass is 16.1. The molecular formula is C16H13N3O. The van der Waals surface area contributed by atoms with Crippen molar-refractivity contribution in [3.05, 3.63) is 59.7 Å². The molecule has 0 aromatic heterocycles. The van der Waals surface area contributed by atoms with Crippen LogP contribution >= 0.6 is 0 Å². The van der Waals surface area contributed by atoms with E-state index in [-0.39, 0.29) is 11.8 Å². The number of hydrogen-bond donors (Lipinski definition) is 3. The number of benzene rings is 2. The largest absolute Gasteiger partial charge is 0.374 e. The smallest absolute Gasteiger partial charge is 0.189 e. The summed E-state index contributed by atoms with van der Waals surface area (Å²) in [7, 11) is 0. The van der Waals surface area contributed by atoms with Crippen LogP contribution in [-0.4, -0.2) is 23.6 Å². The highest BCUT2D eigenvalue weighted by Gasteiger charge is 2.41. The van der Waals surface area contributed by atoms with Crippen LogP contribution in [0.2, 0.25) is 0 Å². The molecule has 2 aliphatic rings. The monoisotopic (exact) mass is 263 g/mol. The summed E-state index contributed by atoms with van der Waals surface area (Å²) in [6.07, 6.45) is 0.